The van der Waals surface area contributed by atoms with Gasteiger partial charge in [-0.3, -0.25) is 9.48 Å². The van der Waals surface area contributed by atoms with Crippen molar-refractivity contribution in [2.75, 3.05) is 0 Å². The van der Waals surface area contributed by atoms with Crippen molar-refractivity contribution in [2.24, 2.45) is 7.05 Å². The van der Waals surface area contributed by atoms with Crippen LogP contribution in [0.1, 0.15) is 24.8 Å². The van der Waals surface area contributed by atoms with Crippen molar-refractivity contribution in [1.82, 2.24) is 9.78 Å². The Hall–Kier alpha value is -1.38. The van der Waals surface area contributed by atoms with Gasteiger partial charge in [-0.2, -0.15) is 5.10 Å². The Morgan fingerprint density at radius 2 is 2.50 bits per heavy atom. The Balaban J connectivity index is 2.01. The highest BCUT2D eigenvalue weighted by molar-refractivity contribution is 5.97. The molecule has 0 radical (unpaired) electrons. The molecule has 1 aromatic rings. The zero-order valence-electron chi connectivity index (χ0n) is 8.36. The summed E-state index contributed by atoms with van der Waals surface area (Å²) < 4.78 is 1.73. The minimum atomic E-state index is 0.260. The Morgan fingerprint density at radius 1 is 1.64 bits per heavy atom. The molecule has 74 valence electrons. The van der Waals surface area contributed by atoms with Crippen LogP contribution in [0.25, 0.3) is 0 Å². The van der Waals surface area contributed by atoms with Gasteiger partial charge in [0.05, 0.1) is 6.20 Å². The molecule has 0 fully saturated rings. The van der Waals surface area contributed by atoms with E-state index in [1.165, 1.54) is 0 Å². The summed E-state index contributed by atoms with van der Waals surface area (Å²) >= 11 is 0. The summed E-state index contributed by atoms with van der Waals surface area (Å²) in [4.78, 5) is 11.7. The lowest BCUT2D eigenvalue weighted by Crippen LogP contribution is -2.04. The summed E-state index contributed by atoms with van der Waals surface area (Å²) in [6.07, 6.45) is 9.38. The maximum Gasteiger partial charge on any atom is 0.163 e. The van der Waals surface area contributed by atoms with Crippen molar-refractivity contribution < 1.29 is 4.79 Å². The number of rotatable bonds is 3. The van der Waals surface area contributed by atoms with Crippen molar-refractivity contribution in [3.63, 3.8) is 0 Å². The van der Waals surface area contributed by atoms with Gasteiger partial charge in [0.15, 0.2) is 5.78 Å². The van der Waals surface area contributed by atoms with E-state index in [-0.39, 0.29) is 5.78 Å². The van der Waals surface area contributed by atoms with Gasteiger partial charge >= 0.3 is 0 Å². The molecule has 0 aliphatic heterocycles. The van der Waals surface area contributed by atoms with Crippen LogP contribution in [-0.2, 0) is 18.3 Å². The molecule has 0 spiro atoms. The van der Waals surface area contributed by atoms with Crippen molar-refractivity contribution >= 4 is 5.78 Å². The quantitative estimate of drug-likeness (QED) is 0.726. The molecule has 14 heavy (non-hydrogen) atoms. The molecule has 0 amide bonds. The Labute approximate surface area is 83.4 Å². The normalized spacial score (nSPS) is 15.6. The number of allylic oxidation sites excluding steroid dienone is 2. The topological polar surface area (TPSA) is 34.9 Å². The summed E-state index contributed by atoms with van der Waals surface area (Å²) in [5.74, 6) is 0.260. The Morgan fingerprint density at radius 3 is 3.07 bits per heavy atom. The summed E-state index contributed by atoms with van der Waals surface area (Å²) in [7, 11) is 1.86. The minimum Gasteiger partial charge on any atom is -0.294 e. The van der Waals surface area contributed by atoms with Gasteiger partial charge in [-0.25, -0.2) is 0 Å². The Kier molecular flexibility index (Phi) is 2.48. The number of aromatic nitrogens is 2. The number of carbonyl (C=O) groups excluding carboxylic acids is 1. The maximum atomic E-state index is 11.7. The van der Waals surface area contributed by atoms with Crippen LogP contribution < -0.4 is 0 Å². The molecule has 0 aromatic carbocycles. The molecule has 0 saturated carbocycles. The number of hydrogen-bond acceptors (Lipinski definition) is 2. The molecule has 0 bridgehead atoms. The fourth-order valence-electron chi connectivity index (χ4n) is 1.79. The van der Waals surface area contributed by atoms with Gasteiger partial charge in [0.2, 0.25) is 0 Å². The van der Waals surface area contributed by atoms with Gasteiger partial charge in [-0.15, -0.1) is 0 Å². The van der Waals surface area contributed by atoms with Crippen LogP contribution >= 0.6 is 0 Å². The fourth-order valence-corrected chi connectivity index (χ4v) is 1.79. The Bertz CT molecular complexity index is 376. The van der Waals surface area contributed by atoms with E-state index >= 15 is 0 Å². The van der Waals surface area contributed by atoms with Crippen LogP contribution in [0.3, 0.4) is 0 Å². The number of aryl methyl sites for hydroxylation is 1. The number of carbonyl (C=O) groups is 1. The van der Waals surface area contributed by atoms with Crippen molar-refractivity contribution in [1.29, 1.82) is 0 Å². The number of ketones is 1. The molecular formula is C11H14N2O. The zero-order valence-corrected chi connectivity index (χ0v) is 8.36. The number of hydrogen-bond donors (Lipinski definition) is 0. The standard InChI is InChI=1S/C11H14N2O/c1-13-8-9(7-12-13)6-11(14)10-4-2-3-5-10/h4,7-8H,2-3,5-6H2,1H3. The van der Waals surface area contributed by atoms with Gasteiger partial charge in [0.25, 0.3) is 0 Å². The molecule has 1 aliphatic carbocycles. The van der Waals surface area contributed by atoms with Crippen LogP contribution in [0.15, 0.2) is 24.0 Å². The number of nitrogens with zero attached hydrogens (tertiary/aromatic N) is 2. The largest absolute Gasteiger partial charge is 0.294 e. The lowest BCUT2D eigenvalue weighted by molar-refractivity contribution is -0.115. The first-order valence-corrected chi connectivity index (χ1v) is 4.95. The van der Waals surface area contributed by atoms with E-state index in [9.17, 15) is 4.79 Å². The summed E-state index contributed by atoms with van der Waals surface area (Å²) in [6.45, 7) is 0. The average Bonchev–Trinajstić information content (AvgIpc) is 2.75. The predicted molar refractivity (Wildman–Crippen MR) is 53.9 cm³/mol. The maximum absolute atomic E-state index is 11.7. The number of Topliss-reactive ketones (excluding diaryl/α,β-unsaturated/α-hetero) is 1. The molecule has 1 aliphatic rings. The monoisotopic (exact) mass is 190 g/mol. The first kappa shape index (κ1) is 9.19. The molecule has 1 heterocycles. The minimum absolute atomic E-state index is 0.260. The van der Waals surface area contributed by atoms with E-state index in [1.54, 1.807) is 10.9 Å². The van der Waals surface area contributed by atoms with E-state index in [4.69, 9.17) is 0 Å². The molecule has 3 heteroatoms. The van der Waals surface area contributed by atoms with Crippen LogP contribution in [0.5, 0.6) is 0 Å². The third-order valence-electron chi connectivity index (χ3n) is 2.52. The van der Waals surface area contributed by atoms with E-state index in [2.05, 4.69) is 11.2 Å². The first-order chi connectivity index (χ1) is 6.75. The third kappa shape index (κ3) is 1.92. The van der Waals surface area contributed by atoms with Crippen molar-refractivity contribution in [3.8, 4) is 0 Å². The first-order valence-electron chi connectivity index (χ1n) is 4.95. The van der Waals surface area contributed by atoms with E-state index < -0.39 is 0 Å². The molecule has 0 N–H and O–H groups in total. The highest BCUT2D eigenvalue weighted by Crippen LogP contribution is 2.19. The summed E-state index contributed by atoms with van der Waals surface area (Å²) in [6, 6.07) is 0. The zero-order chi connectivity index (χ0) is 9.97. The van der Waals surface area contributed by atoms with Gasteiger partial charge in [-0.05, 0) is 30.4 Å². The van der Waals surface area contributed by atoms with Crippen molar-refractivity contribution in [3.05, 3.63) is 29.6 Å². The van der Waals surface area contributed by atoms with Crippen LogP contribution in [0, 0.1) is 0 Å². The van der Waals surface area contributed by atoms with Crippen LogP contribution in [0.2, 0.25) is 0 Å². The highest BCUT2D eigenvalue weighted by Gasteiger charge is 2.14. The molecule has 0 atom stereocenters. The molecule has 3 nitrogen and oxygen atoms in total. The second kappa shape index (κ2) is 3.78. The molecular weight excluding hydrogens is 176 g/mol. The second-order valence-electron chi connectivity index (χ2n) is 3.74. The van der Waals surface area contributed by atoms with E-state index in [0.29, 0.717) is 6.42 Å². The van der Waals surface area contributed by atoms with Gasteiger partial charge < -0.3 is 0 Å². The van der Waals surface area contributed by atoms with Gasteiger partial charge in [-0.1, -0.05) is 6.08 Å². The average molecular weight is 190 g/mol. The summed E-state index contributed by atoms with van der Waals surface area (Å²) in [5.41, 5.74) is 2.01. The highest BCUT2D eigenvalue weighted by atomic mass is 16.1. The molecule has 1 aromatic heterocycles. The van der Waals surface area contributed by atoms with Gasteiger partial charge in [0, 0.05) is 19.7 Å². The SMILES string of the molecule is Cn1cc(CC(=O)C2=CCCC2)cn1. The fraction of sp³-hybridized carbons (Fsp3) is 0.455. The smallest absolute Gasteiger partial charge is 0.163 e. The van der Waals surface area contributed by atoms with Gasteiger partial charge in [0.1, 0.15) is 0 Å². The van der Waals surface area contributed by atoms with Crippen LogP contribution in [-0.4, -0.2) is 15.6 Å². The van der Waals surface area contributed by atoms with Crippen molar-refractivity contribution in [2.45, 2.75) is 25.7 Å². The van der Waals surface area contributed by atoms with Crippen LogP contribution in [0.4, 0.5) is 0 Å². The molecule has 0 saturated heterocycles. The van der Waals surface area contributed by atoms with E-state index in [0.717, 1.165) is 30.4 Å². The molecule has 2 rings (SSSR count). The second-order valence-corrected chi connectivity index (χ2v) is 3.74. The predicted octanol–water partition coefficient (Wildman–Crippen LogP) is 1.64. The lowest BCUT2D eigenvalue weighted by Gasteiger charge is -1.98. The third-order valence-corrected chi connectivity index (χ3v) is 2.52. The molecule has 0 unspecified atom stereocenters. The summed E-state index contributed by atoms with van der Waals surface area (Å²) in [5, 5.41) is 4.04. The van der Waals surface area contributed by atoms with E-state index in [1.807, 2.05) is 13.2 Å². The lowest BCUT2D eigenvalue weighted by atomic mass is 10.1.